The van der Waals surface area contributed by atoms with Gasteiger partial charge in [-0.25, -0.2) is 4.98 Å². The number of nitrogens with zero attached hydrogens (tertiary/aromatic N) is 4. The van der Waals surface area contributed by atoms with Gasteiger partial charge in [0.15, 0.2) is 0 Å². The number of hydrogen-bond donors (Lipinski definition) is 2. The Kier molecular flexibility index (Phi) is 5.23. The summed E-state index contributed by atoms with van der Waals surface area (Å²) in [5.74, 6) is 0.446. The molecule has 1 aliphatic heterocycles. The SMILES string of the molecule is CC(C)c1ccc([C@](O)(c2cncc(-n3cnc(CC4(N)CC4)c3)c2)C2(C)CN(C)C2)cc1. The molecule has 6 heteroatoms. The second kappa shape index (κ2) is 7.76. The molecule has 6 nitrogen and oxygen atoms in total. The molecule has 3 N–H and O–H groups in total. The number of aromatic nitrogens is 3. The molecule has 1 aliphatic carbocycles. The Labute approximate surface area is 196 Å². The normalized spacial score (nSPS) is 20.9. The lowest BCUT2D eigenvalue weighted by molar-refractivity contribution is -0.127. The van der Waals surface area contributed by atoms with E-state index in [9.17, 15) is 5.11 Å². The number of imidazole rings is 1. The second-order valence-electron chi connectivity index (χ2n) is 11.0. The second-order valence-corrected chi connectivity index (χ2v) is 11.0. The quantitative estimate of drug-likeness (QED) is 0.581. The minimum Gasteiger partial charge on any atom is -0.380 e. The number of benzene rings is 1. The van der Waals surface area contributed by atoms with Crippen LogP contribution in [0.4, 0.5) is 0 Å². The van der Waals surface area contributed by atoms with Crippen molar-refractivity contribution in [2.24, 2.45) is 11.1 Å². The van der Waals surface area contributed by atoms with Gasteiger partial charge in [-0.15, -0.1) is 0 Å². The van der Waals surface area contributed by atoms with Crippen LogP contribution in [-0.2, 0) is 12.0 Å². The summed E-state index contributed by atoms with van der Waals surface area (Å²) >= 11 is 0. The zero-order chi connectivity index (χ0) is 23.4. The Morgan fingerprint density at radius 3 is 2.42 bits per heavy atom. The summed E-state index contributed by atoms with van der Waals surface area (Å²) in [6, 6.07) is 10.5. The third kappa shape index (κ3) is 3.90. The summed E-state index contributed by atoms with van der Waals surface area (Å²) in [6.45, 7) is 8.17. The summed E-state index contributed by atoms with van der Waals surface area (Å²) in [5, 5.41) is 12.4. The molecule has 1 saturated carbocycles. The molecule has 174 valence electrons. The Bertz CT molecular complexity index is 1140. The largest absolute Gasteiger partial charge is 0.380 e. The van der Waals surface area contributed by atoms with Crippen LogP contribution in [0.15, 0.2) is 55.2 Å². The van der Waals surface area contributed by atoms with E-state index in [2.05, 4.69) is 67.0 Å². The number of aliphatic hydroxyl groups is 1. The zero-order valence-corrected chi connectivity index (χ0v) is 20.1. The van der Waals surface area contributed by atoms with E-state index in [4.69, 9.17) is 5.73 Å². The van der Waals surface area contributed by atoms with Gasteiger partial charge in [0, 0.05) is 48.4 Å². The minimum absolute atomic E-state index is 0.0769. The average molecular weight is 446 g/mol. The predicted molar refractivity (Wildman–Crippen MR) is 130 cm³/mol. The van der Waals surface area contributed by atoms with Crippen molar-refractivity contribution in [3.8, 4) is 5.69 Å². The van der Waals surface area contributed by atoms with Crippen LogP contribution in [0.5, 0.6) is 0 Å². The molecule has 33 heavy (non-hydrogen) atoms. The first-order valence-electron chi connectivity index (χ1n) is 11.9. The standard InChI is InChI=1S/C27H35N5O/c1-19(2)20-5-7-21(8-6-20)27(33,25(3)16-31(4)17-25)22-11-24(14-29-13-22)32-15-23(30-18-32)12-26(28)9-10-26/h5-8,11,13-15,18-19,33H,9-10,12,16-17,28H2,1-4H3/t27-/m0/s1. The molecule has 1 atom stereocenters. The molecular formula is C27H35N5O. The topological polar surface area (TPSA) is 80.2 Å². The van der Waals surface area contributed by atoms with Gasteiger partial charge in [-0.3, -0.25) is 4.98 Å². The van der Waals surface area contributed by atoms with Crippen molar-refractivity contribution in [3.63, 3.8) is 0 Å². The molecule has 0 amide bonds. The van der Waals surface area contributed by atoms with Crippen molar-refractivity contribution < 1.29 is 5.11 Å². The first-order chi connectivity index (χ1) is 15.6. The first kappa shape index (κ1) is 22.3. The number of hydrogen-bond acceptors (Lipinski definition) is 5. The van der Waals surface area contributed by atoms with Crippen LogP contribution in [0.2, 0.25) is 0 Å². The highest BCUT2D eigenvalue weighted by Crippen LogP contribution is 2.50. The summed E-state index contributed by atoms with van der Waals surface area (Å²) in [5.41, 5.74) is 9.60. The summed E-state index contributed by atoms with van der Waals surface area (Å²) in [4.78, 5) is 11.3. The van der Waals surface area contributed by atoms with Crippen LogP contribution in [0, 0.1) is 5.41 Å². The lowest BCUT2D eigenvalue weighted by atomic mass is 9.62. The predicted octanol–water partition coefficient (Wildman–Crippen LogP) is 3.61. The van der Waals surface area contributed by atoms with E-state index in [1.807, 2.05) is 29.4 Å². The number of nitrogens with two attached hydrogens (primary N) is 1. The third-order valence-electron chi connectivity index (χ3n) is 7.61. The number of likely N-dealkylation sites (tertiary alicyclic amines) is 1. The van der Waals surface area contributed by atoms with Crippen molar-refractivity contribution in [3.05, 3.63) is 77.6 Å². The van der Waals surface area contributed by atoms with E-state index in [1.54, 1.807) is 6.20 Å². The van der Waals surface area contributed by atoms with Crippen molar-refractivity contribution in [1.29, 1.82) is 0 Å². The van der Waals surface area contributed by atoms with Crippen LogP contribution < -0.4 is 5.73 Å². The average Bonchev–Trinajstić information content (AvgIpc) is 3.32. The van der Waals surface area contributed by atoms with Crippen molar-refractivity contribution in [2.45, 2.75) is 57.1 Å². The van der Waals surface area contributed by atoms with E-state index in [0.29, 0.717) is 5.92 Å². The third-order valence-corrected chi connectivity index (χ3v) is 7.61. The molecule has 0 spiro atoms. The zero-order valence-electron chi connectivity index (χ0n) is 20.1. The Balaban J connectivity index is 1.53. The molecular weight excluding hydrogens is 410 g/mol. The van der Waals surface area contributed by atoms with Gasteiger partial charge in [0.25, 0.3) is 0 Å². The highest BCUT2D eigenvalue weighted by atomic mass is 16.3. The van der Waals surface area contributed by atoms with Gasteiger partial charge >= 0.3 is 0 Å². The van der Waals surface area contributed by atoms with Gasteiger partial charge in [0.1, 0.15) is 5.60 Å². The fourth-order valence-electron chi connectivity index (χ4n) is 5.41. The number of pyridine rings is 1. The van der Waals surface area contributed by atoms with Gasteiger partial charge in [0.2, 0.25) is 0 Å². The fourth-order valence-corrected chi connectivity index (χ4v) is 5.41. The lowest BCUT2D eigenvalue weighted by Gasteiger charge is -2.55. The molecule has 0 bridgehead atoms. The Hall–Kier alpha value is -2.54. The van der Waals surface area contributed by atoms with E-state index >= 15 is 0 Å². The van der Waals surface area contributed by atoms with Gasteiger partial charge in [-0.1, -0.05) is 45.0 Å². The van der Waals surface area contributed by atoms with Crippen molar-refractivity contribution in [1.82, 2.24) is 19.4 Å². The fraction of sp³-hybridized carbons (Fsp3) is 0.481. The minimum atomic E-state index is -1.16. The van der Waals surface area contributed by atoms with Crippen LogP contribution in [-0.4, -0.2) is 50.2 Å². The maximum Gasteiger partial charge on any atom is 0.124 e. The molecule has 3 heterocycles. The molecule has 1 saturated heterocycles. The highest BCUT2D eigenvalue weighted by molar-refractivity contribution is 5.45. The molecule has 2 aromatic heterocycles. The summed E-state index contributed by atoms with van der Waals surface area (Å²) < 4.78 is 1.98. The maximum absolute atomic E-state index is 12.4. The molecule has 2 aliphatic rings. The van der Waals surface area contributed by atoms with Crippen LogP contribution in [0.1, 0.15) is 61.9 Å². The van der Waals surface area contributed by atoms with Crippen molar-refractivity contribution >= 4 is 0 Å². The van der Waals surface area contributed by atoms with E-state index in [0.717, 1.165) is 54.9 Å². The van der Waals surface area contributed by atoms with E-state index < -0.39 is 5.60 Å². The maximum atomic E-state index is 12.4. The van der Waals surface area contributed by atoms with Crippen LogP contribution in [0.3, 0.4) is 0 Å². The summed E-state index contributed by atoms with van der Waals surface area (Å²) in [6.07, 6.45) is 10.4. The van der Waals surface area contributed by atoms with Crippen LogP contribution in [0.25, 0.3) is 5.69 Å². The molecule has 5 rings (SSSR count). The molecule has 3 aromatic rings. The van der Waals surface area contributed by atoms with Gasteiger partial charge in [-0.05, 0) is 43.0 Å². The van der Waals surface area contributed by atoms with E-state index in [1.165, 1.54) is 5.56 Å². The molecule has 0 radical (unpaired) electrons. The van der Waals surface area contributed by atoms with Gasteiger partial charge in [-0.2, -0.15) is 0 Å². The molecule has 0 unspecified atom stereocenters. The van der Waals surface area contributed by atoms with Gasteiger partial charge < -0.3 is 20.3 Å². The summed E-state index contributed by atoms with van der Waals surface area (Å²) in [7, 11) is 2.09. The van der Waals surface area contributed by atoms with Crippen LogP contribution >= 0.6 is 0 Å². The molecule has 2 fully saturated rings. The number of rotatable bonds is 7. The van der Waals surface area contributed by atoms with E-state index in [-0.39, 0.29) is 11.0 Å². The lowest BCUT2D eigenvalue weighted by Crippen LogP contribution is -2.63. The van der Waals surface area contributed by atoms with Crippen molar-refractivity contribution in [2.75, 3.05) is 20.1 Å². The first-order valence-corrected chi connectivity index (χ1v) is 11.9. The smallest absolute Gasteiger partial charge is 0.124 e. The monoisotopic (exact) mass is 445 g/mol. The Morgan fingerprint density at radius 1 is 1.12 bits per heavy atom. The molecule has 1 aromatic carbocycles. The Morgan fingerprint density at radius 2 is 1.82 bits per heavy atom. The van der Waals surface area contributed by atoms with Gasteiger partial charge in [0.05, 0.1) is 23.9 Å². The highest BCUT2D eigenvalue weighted by Gasteiger charge is 2.55.